The number of rotatable bonds is 4. The highest BCUT2D eigenvalue weighted by Crippen LogP contribution is 2.12. The van der Waals surface area contributed by atoms with Crippen LogP contribution in [-0.2, 0) is 4.74 Å². The molecule has 1 saturated heterocycles. The van der Waals surface area contributed by atoms with Crippen molar-refractivity contribution in [3.8, 4) is 0 Å². The Morgan fingerprint density at radius 3 is 3.05 bits per heavy atom. The minimum Gasteiger partial charge on any atom is -0.478 e. The second kappa shape index (κ2) is 6.29. The van der Waals surface area contributed by atoms with Crippen molar-refractivity contribution < 1.29 is 19.4 Å². The van der Waals surface area contributed by atoms with Crippen LogP contribution >= 0.6 is 0 Å². The minimum absolute atomic E-state index is 0.0566. The first-order valence-corrected chi connectivity index (χ1v) is 6.22. The van der Waals surface area contributed by atoms with E-state index in [2.05, 4.69) is 10.3 Å². The molecule has 102 valence electrons. The topological polar surface area (TPSA) is 88.5 Å². The van der Waals surface area contributed by atoms with Crippen LogP contribution in [-0.4, -0.2) is 41.7 Å². The third-order valence-electron chi connectivity index (χ3n) is 3.05. The van der Waals surface area contributed by atoms with Crippen molar-refractivity contribution in [1.82, 2.24) is 10.3 Å². The number of ether oxygens (including phenoxy) is 1. The van der Waals surface area contributed by atoms with Crippen molar-refractivity contribution in [2.24, 2.45) is 5.92 Å². The Kier molecular flexibility index (Phi) is 4.46. The lowest BCUT2D eigenvalue weighted by Crippen LogP contribution is -2.33. The SMILES string of the molecule is O=C(O)c1ccnc(C(=O)NCC2CCCOC2)c1. The number of carbonyl (C=O) groups excluding carboxylic acids is 1. The number of hydrogen-bond donors (Lipinski definition) is 2. The maximum Gasteiger partial charge on any atom is 0.335 e. The van der Waals surface area contributed by atoms with Gasteiger partial charge < -0.3 is 15.2 Å². The second-order valence-corrected chi connectivity index (χ2v) is 4.53. The summed E-state index contributed by atoms with van der Waals surface area (Å²) in [6.45, 7) is 1.97. The first-order chi connectivity index (χ1) is 9.16. The number of amides is 1. The number of hydrogen-bond acceptors (Lipinski definition) is 4. The maximum atomic E-state index is 11.9. The summed E-state index contributed by atoms with van der Waals surface area (Å²) < 4.78 is 5.33. The van der Waals surface area contributed by atoms with E-state index in [0.717, 1.165) is 19.4 Å². The summed E-state index contributed by atoms with van der Waals surface area (Å²) in [7, 11) is 0. The lowest BCUT2D eigenvalue weighted by Gasteiger charge is -2.22. The van der Waals surface area contributed by atoms with Crippen LogP contribution in [0, 0.1) is 5.92 Å². The molecule has 6 nitrogen and oxygen atoms in total. The lowest BCUT2D eigenvalue weighted by molar-refractivity contribution is 0.0535. The van der Waals surface area contributed by atoms with Crippen molar-refractivity contribution in [3.63, 3.8) is 0 Å². The Bertz CT molecular complexity index is 469. The number of carboxylic acid groups (broad SMARTS) is 1. The van der Waals surface area contributed by atoms with Gasteiger partial charge in [0.05, 0.1) is 12.2 Å². The van der Waals surface area contributed by atoms with Gasteiger partial charge in [-0.05, 0) is 30.9 Å². The van der Waals surface area contributed by atoms with Crippen LogP contribution in [0.4, 0.5) is 0 Å². The number of nitrogens with zero attached hydrogens (tertiary/aromatic N) is 1. The van der Waals surface area contributed by atoms with Gasteiger partial charge in [0, 0.05) is 19.3 Å². The fourth-order valence-electron chi connectivity index (χ4n) is 1.98. The van der Waals surface area contributed by atoms with E-state index in [4.69, 9.17) is 9.84 Å². The fraction of sp³-hybridized carbons (Fsp3) is 0.462. The number of carboxylic acids is 1. The van der Waals surface area contributed by atoms with E-state index in [1.165, 1.54) is 18.3 Å². The molecular formula is C13H16N2O4. The molecule has 6 heteroatoms. The predicted molar refractivity (Wildman–Crippen MR) is 67.1 cm³/mol. The Morgan fingerprint density at radius 1 is 1.53 bits per heavy atom. The monoisotopic (exact) mass is 264 g/mol. The Balaban J connectivity index is 1.92. The third-order valence-corrected chi connectivity index (χ3v) is 3.05. The van der Waals surface area contributed by atoms with Crippen LogP contribution in [0.25, 0.3) is 0 Å². The molecule has 2 heterocycles. The van der Waals surface area contributed by atoms with E-state index >= 15 is 0 Å². The van der Waals surface area contributed by atoms with Gasteiger partial charge in [0.15, 0.2) is 0 Å². The summed E-state index contributed by atoms with van der Waals surface area (Å²) in [5.41, 5.74) is 0.178. The summed E-state index contributed by atoms with van der Waals surface area (Å²) in [5, 5.41) is 11.6. The molecule has 1 aliphatic rings. The molecule has 0 aliphatic carbocycles. The molecular weight excluding hydrogens is 248 g/mol. The Morgan fingerprint density at radius 2 is 2.37 bits per heavy atom. The summed E-state index contributed by atoms with van der Waals surface area (Å²) >= 11 is 0. The van der Waals surface area contributed by atoms with Crippen LogP contribution in [0.3, 0.4) is 0 Å². The lowest BCUT2D eigenvalue weighted by atomic mass is 10.0. The Labute approximate surface area is 110 Å². The largest absolute Gasteiger partial charge is 0.478 e. The van der Waals surface area contributed by atoms with Crippen molar-refractivity contribution in [1.29, 1.82) is 0 Å². The maximum absolute atomic E-state index is 11.9. The number of carbonyl (C=O) groups is 2. The van der Waals surface area contributed by atoms with Crippen LogP contribution in [0.5, 0.6) is 0 Å². The van der Waals surface area contributed by atoms with Gasteiger partial charge >= 0.3 is 5.97 Å². The van der Waals surface area contributed by atoms with Crippen molar-refractivity contribution in [2.45, 2.75) is 12.8 Å². The van der Waals surface area contributed by atoms with Crippen LogP contribution in [0.15, 0.2) is 18.3 Å². The average molecular weight is 264 g/mol. The molecule has 1 aliphatic heterocycles. The summed E-state index contributed by atoms with van der Waals surface area (Å²) in [6.07, 6.45) is 3.36. The van der Waals surface area contributed by atoms with Gasteiger partial charge in [-0.25, -0.2) is 4.79 Å². The molecule has 1 aromatic rings. The van der Waals surface area contributed by atoms with Gasteiger partial charge in [-0.15, -0.1) is 0 Å². The van der Waals surface area contributed by atoms with E-state index in [9.17, 15) is 9.59 Å². The first kappa shape index (κ1) is 13.5. The van der Waals surface area contributed by atoms with Gasteiger partial charge in [0.1, 0.15) is 5.69 Å². The van der Waals surface area contributed by atoms with Gasteiger partial charge in [0.2, 0.25) is 0 Å². The zero-order valence-electron chi connectivity index (χ0n) is 10.5. The van der Waals surface area contributed by atoms with Gasteiger partial charge in [0.25, 0.3) is 5.91 Å². The molecule has 19 heavy (non-hydrogen) atoms. The zero-order chi connectivity index (χ0) is 13.7. The first-order valence-electron chi connectivity index (χ1n) is 6.22. The Hall–Kier alpha value is -1.95. The molecule has 1 amide bonds. The van der Waals surface area contributed by atoms with Gasteiger partial charge in [-0.2, -0.15) is 0 Å². The minimum atomic E-state index is -1.07. The molecule has 1 atom stereocenters. The van der Waals surface area contributed by atoms with Gasteiger partial charge in [-0.3, -0.25) is 9.78 Å². The van der Waals surface area contributed by atoms with Crippen LogP contribution in [0.2, 0.25) is 0 Å². The average Bonchev–Trinajstić information content (AvgIpc) is 2.46. The summed E-state index contributed by atoms with van der Waals surface area (Å²) in [5.74, 6) is -1.11. The normalized spacial score (nSPS) is 18.8. The highest BCUT2D eigenvalue weighted by Gasteiger charge is 2.16. The quantitative estimate of drug-likeness (QED) is 0.844. The summed E-state index contributed by atoms with van der Waals surface area (Å²) in [4.78, 5) is 26.5. The summed E-state index contributed by atoms with van der Waals surface area (Å²) in [6, 6.07) is 2.63. The molecule has 0 bridgehead atoms. The van der Waals surface area contributed by atoms with E-state index in [1.807, 2.05) is 0 Å². The smallest absolute Gasteiger partial charge is 0.335 e. The number of aromatic nitrogens is 1. The molecule has 1 unspecified atom stereocenters. The predicted octanol–water partition coefficient (Wildman–Crippen LogP) is 0.936. The molecule has 0 spiro atoms. The van der Waals surface area contributed by atoms with E-state index < -0.39 is 5.97 Å². The standard InChI is InChI=1S/C13H16N2O4/c16-12(15-7-9-2-1-5-19-8-9)11-6-10(13(17)18)3-4-14-11/h3-4,6,9H,1-2,5,7-8H2,(H,15,16)(H,17,18). The molecule has 0 saturated carbocycles. The van der Waals surface area contributed by atoms with Crippen molar-refractivity contribution >= 4 is 11.9 Å². The molecule has 1 aromatic heterocycles. The fourth-order valence-corrected chi connectivity index (χ4v) is 1.98. The molecule has 0 aromatic carbocycles. The molecule has 1 fully saturated rings. The van der Waals surface area contributed by atoms with E-state index in [0.29, 0.717) is 19.1 Å². The number of pyridine rings is 1. The number of nitrogens with one attached hydrogen (secondary N) is 1. The van der Waals surface area contributed by atoms with Crippen molar-refractivity contribution in [3.05, 3.63) is 29.6 Å². The van der Waals surface area contributed by atoms with Gasteiger partial charge in [-0.1, -0.05) is 0 Å². The third kappa shape index (κ3) is 3.75. The molecule has 2 N–H and O–H groups in total. The zero-order valence-corrected chi connectivity index (χ0v) is 10.5. The number of aromatic carboxylic acids is 1. The van der Waals surface area contributed by atoms with E-state index in [-0.39, 0.29) is 17.2 Å². The molecule has 2 rings (SSSR count). The highest BCUT2D eigenvalue weighted by atomic mass is 16.5. The van der Waals surface area contributed by atoms with Crippen molar-refractivity contribution in [2.75, 3.05) is 19.8 Å². The second-order valence-electron chi connectivity index (χ2n) is 4.53. The highest BCUT2D eigenvalue weighted by molar-refractivity contribution is 5.95. The van der Waals surface area contributed by atoms with Crippen LogP contribution in [0.1, 0.15) is 33.7 Å². The van der Waals surface area contributed by atoms with E-state index in [1.54, 1.807) is 0 Å². The van der Waals surface area contributed by atoms with Crippen LogP contribution < -0.4 is 5.32 Å². The molecule has 0 radical (unpaired) electrons.